The van der Waals surface area contributed by atoms with Crippen molar-refractivity contribution in [2.45, 2.75) is 19.0 Å². The molecule has 0 spiro atoms. The number of nitrogens with one attached hydrogen (secondary N) is 2. The van der Waals surface area contributed by atoms with Gasteiger partial charge >= 0.3 is 0 Å². The third kappa shape index (κ3) is 3.68. The summed E-state index contributed by atoms with van der Waals surface area (Å²) in [7, 11) is 0. The molecule has 1 amide bonds. The minimum absolute atomic E-state index is 0.151. The largest absolute Gasteiger partial charge is 0.463 e. The fourth-order valence-corrected chi connectivity index (χ4v) is 3.83. The van der Waals surface area contributed by atoms with Gasteiger partial charge in [-0.25, -0.2) is 8.78 Å². The first-order chi connectivity index (χ1) is 13.6. The molecule has 4 nitrogen and oxygen atoms in total. The summed E-state index contributed by atoms with van der Waals surface area (Å²) in [6.07, 6.45) is 2.52. The van der Waals surface area contributed by atoms with Crippen LogP contribution in [0.15, 0.2) is 65.3 Å². The maximum atomic E-state index is 13.9. The molecular weight excluding hydrogens is 362 g/mol. The van der Waals surface area contributed by atoms with Crippen LogP contribution in [-0.2, 0) is 13.0 Å². The smallest absolute Gasteiger partial charge is 0.257 e. The molecule has 0 radical (unpaired) electrons. The Balaban J connectivity index is 1.53. The van der Waals surface area contributed by atoms with E-state index in [1.807, 2.05) is 18.2 Å². The number of fused-ring (bicyclic) bond motifs is 1. The number of carbonyl (C=O) groups is 1. The number of quaternary nitrogens is 1. The van der Waals surface area contributed by atoms with Crippen LogP contribution in [0, 0.1) is 11.6 Å². The van der Waals surface area contributed by atoms with Crippen molar-refractivity contribution < 1.29 is 22.9 Å². The molecule has 0 saturated heterocycles. The Morgan fingerprint density at radius 1 is 1.04 bits per heavy atom. The van der Waals surface area contributed by atoms with Crippen molar-refractivity contribution in [1.29, 1.82) is 0 Å². The molecule has 1 aromatic heterocycles. The van der Waals surface area contributed by atoms with Gasteiger partial charge in [0, 0.05) is 12.0 Å². The van der Waals surface area contributed by atoms with Gasteiger partial charge in [-0.3, -0.25) is 4.79 Å². The van der Waals surface area contributed by atoms with Crippen molar-refractivity contribution in [2.24, 2.45) is 0 Å². The van der Waals surface area contributed by atoms with E-state index in [0.29, 0.717) is 0 Å². The molecule has 28 heavy (non-hydrogen) atoms. The summed E-state index contributed by atoms with van der Waals surface area (Å²) < 4.78 is 33.4. The van der Waals surface area contributed by atoms with E-state index in [-0.39, 0.29) is 12.6 Å². The number of amides is 1. The molecule has 2 aromatic carbocycles. The number of rotatable bonds is 5. The van der Waals surface area contributed by atoms with Gasteiger partial charge in [0.25, 0.3) is 5.91 Å². The second kappa shape index (κ2) is 7.94. The fourth-order valence-electron chi connectivity index (χ4n) is 3.83. The maximum absolute atomic E-state index is 13.9. The number of hydrogen-bond acceptors (Lipinski definition) is 2. The van der Waals surface area contributed by atoms with Crippen molar-refractivity contribution in [3.8, 4) is 0 Å². The minimum Gasteiger partial charge on any atom is -0.463 e. The van der Waals surface area contributed by atoms with E-state index in [1.54, 1.807) is 12.3 Å². The Hall–Kier alpha value is -2.99. The Labute approximate surface area is 161 Å². The van der Waals surface area contributed by atoms with Gasteiger partial charge in [-0.1, -0.05) is 30.3 Å². The fraction of sp³-hybridized carbons (Fsp3) is 0.227. The predicted molar refractivity (Wildman–Crippen MR) is 99.8 cm³/mol. The molecule has 4 rings (SSSR count). The van der Waals surface area contributed by atoms with E-state index in [0.717, 1.165) is 37.4 Å². The molecule has 1 unspecified atom stereocenters. The summed E-state index contributed by atoms with van der Waals surface area (Å²) in [5.41, 5.74) is 2.05. The molecular formula is C22H21F2N2O2+. The number of benzene rings is 2. The normalized spacial score (nSPS) is 17.0. The van der Waals surface area contributed by atoms with E-state index in [4.69, 9.17) is 4.42 Å². The second-order valence-corrected chi connectivity index (χ2v) is 6.98. The average molecular weight is 383 g/mol. The van der Waals surface area contributed by atoms with E-state index < -0.39 is 23.1 Å². The van der Waals surface area contributed by atoms with E-state index in [1.165, 1.54) is 22.1 Å². The van der Waals surface area contributed by atoms with Crippen molar-refractivity contribution in [1.82, 2.24) is 5.32 Å². The number of hydrogen-bond donors (Lipinski definition) is 2. The molecule has 144 valence electrons. The standard InChI is InChI=1S/C22H20F2N2O2/c23-17-7-3-8-18(24)21(17)22(27)25-13-19(20-9-4-12-28-20)26-11-10-15-5-1-2-6-16(15)14-26/h1-9,12,19H,10-11,13-14H2,(H,25,27)/p+1/t19-/m1/s1. The van der Waals surface area contributed by atoms with Crippen LogP contribution in [0.1, 0.15) is 33.3 Å². The first-order valence-corrected chi connectivity index (χ1v) is 9.30. The van der Waals surface area contributed by atoms with Gasteiger partial charge < -0.3 is 14.6 Å². The van der Waals surface area contributed by atoms with Gasteiger partial charge in [0.1, 0.15) is 23.7 Å². The second-order valence-electron chi connectivity index (χ2n) is 6.98. The lowest BCUT2D eigenvalue weighted by Crippen LogP contribution is -3.12. The molecule has 0 aliphatic carbocycles. The van der Waals surface area contributed by atoms with Gasteiger partial charge in [0.05, 0.1) is 19.4 Å². The van der Waals surface area contributed by atoms with Crippen LogP contribution in [0.3, 0.4) is 0 Å². The molecule has 0 bridgehead atoms. The lowest BCUT2D eigenvalue weighted by molar-refractivity contribution is -0.946. The van der Waals surface area contributed by atoms with Crippen molar-refractivity contribution in [2.75, 3.05) is 13.1 Å². The quantitative estimate of drug-likeness (QED) is 0.712. The Kier molecular flexibility index (Phi) is 5.21. The molecule has 2 heterocycles. The lowest BCUT2D eigenvalue weighted by Gasteiger charge is -2.31. The third-order valence-corrected chi connectivity index (χ3v) is 5.29. The molecule has 2 atom stereocenters. The maximum Gasteiger partial charge on any atom is 0.257 e. The summed E-state index contributed by atoms with van der Waals surface area (Å²) in [6, 6.07) is 15.2. The summed E-state index contributed by atoms with van der Waals surface area (Å²) in [5, 5.41) is 2.69. The number of halogens is 2. The van der Waals surface area contributed by atoms with Gasteiger partial charge in [0.15, 0.2) is 11.8 Å². The molecule has 2 N–H and O–H groups in total. The summed E-state index contributed by atoms with van der Waals surface area (Å²) in [6.45, 7) is 1.90. The Bertz CT molecular complexity index is 952. The molecule has 1 aliphatic rings. The molecule has 1 aliphatic heterocycles. The van der Waals surface area contributed by atoms with Crippen LogP contribution in [0.2, 0.25) is 0 Å². The van der Waals surface area contributed by atoms with Gasteiger partial charge in [-0.2, -0.15) is 0 Å². The summed E-state index contributed by atoms with van der Waals surface area (Å²) >= 11 is 0. The minimum atomic E-state index is -0.869. The van der Waals surface area contributed by atoms with Crippen LogP contribution < -0.4 is 10.2 Å². The van der Waals surface area contributed by atoms with E-state index in [2.05, 4.69) is 17.4 Å². The summed E-state index contributed by atoms with van der Waals surface area (Å²) in [4.78, 5) is 13.6. The van der Waals surface area contributed by atoms with Gasteiger partial charge in [-0.05, 0) is 29.8 Å². The number of furan rings is 1. The Morgan fingerprint density at radius 2 is 1.79 bits per heavy atom. The molecule has 6 heteroatoms. The first kappa shape index (κ1) is 18.4. The van der Waals surface area contributed by atoms with Crippen molar-refractivity contribution in [3.63, 3.8) is 0 Å². The van der Waals surface area contributed by atoms with Crippen LogP contribution in [-0.4, -0.2) is 19.0 Å². The van der Waals surface area contributed by atoms with Crippen molar-refractivity contribution >= 4 is 5.91 Å². The van der Waals surface area contributed by atoms with Gasteiger partial charge in [-0.15, -0.1) is 0 Å². The van der Waals surface area contributed by atoms with E-state index >= 15 is 0 Å². The highest BCUT2D eigenvalue weighted by Crippen LogP contribution is 2.16. The zero-order valence-electron chi connectivity index (χ0n) is 15.3. The highest BCUT2D eigenvalue weighted by molar-refractivity contribution is 5.94. The highest BCUT2D eigenvalue weighted by atomic mass is 19.1. The van der Waals surface area contributed by atoms with Crippen LogP contribution in [0.25, 0.3) is 0 Å². The first-order valence-electron chi connectivity index (χ1n) is 9.30. The zero-order chi connectivity index (χ0) is 19.5. The predicted octanol–water partition coefficient (Wildman–Crippen LogP) is 2.67. The SMILES string of the molecule is O=C(NC[C@H](c1ccco1)[NH+]1CCc2ccccc2C1)c1c(F)cccc1F. The average Bonchev–Trinajstić information content (AvgIpc) is 3.22. The lowest BCUT2D eigenvalue weighted by atomic mass is 9.98. The van der Waals surface area contributed by atoms with Crippen LogP contribution >= 0.6 is 0 Å². The number of carbonyl (C=O) groups excluding carboxylic acids is 1. The highest BCUT2D eigenvalue weighted by Gasteiger charge is 2.31. The monoisotopic (exact) mass is 383 g/mol. The van der Waals surface area contributed by atoms with Crippen molar-refractivity contribution in [3.05, 3.63) is 94.9 Å². The molecule has 0 fully saturated rings. The Morgan fingerprint density at radius 3 is 2.50 bits per heavy atom. The van der Waals surface area contributed by atoms with Crippen LogP contribution in [0.4, 0.5) is 8.78 Å². The summed E-state index contributed by atoms with van der Waals surface area (Å²) in [5.74, 6) is -1.76. The zero-order valence-corrected chi connectivity index (χ0v) is 15.3. The topological polar surface area (TPSA) is 46.7 Å². The van der Waals surface area contributed by atoms with Gasteiger partial charge in [0.2, 0.25) is 0 Å². The van der Waals surface area contributed by atoms with E-state index in [9.17, 15) is 13.6 Å². The van der Waals surface area contributed by atoms with Crippen LogP contribution in [0.5, 0.6) is 0 Å². The third-order valence-electron chi connectivity index (χ3n) is 5.29. The molecule has 0 saturated carbocycles. The molecule has 3 aromatic rings.